The number of anilines is 1. The SMILES string of the molecule is Cc1cc(N2CCOCC2)ccc1C=Nc1ccc(I)cc1. The first kappa shape index (κ1) is 15.5. The molecule has 1 aliphatic heterocycles. The number of nitrogens with zero attached hydrogens (tertiary/aromatic N) is 2. The van der Waals surface area contributed by atoms with Crippen LogP contribution in [0.5, 0.6) is 0 Å². The molecule has 0 atom stereocenters. The normalized spacial score (nSPS) is 15.5. The second kappa shape index (κ2) is 7.24. The van der Waals surface area contributed by atoms with Crippen molar-refractivity contribution < 1.29 is 4.74 Å². The van der Waals surface area contributed by atoms with Gasteiger partial charge in [-0.2, -0.15) is 0 Å². The fourth-order valence-corrected chi connectivity index (χ4v) is 2.85. The van der Waals surface area contributed by atoms with Crippen LogP contribution in [0, 0.1) is 10.5 Å². The summed E-state index contributed by atoms with van der Waals surface area (Å²) in [5.41, 5.74) is 4.66. The molecule has 1 aliphatic rings. The van der Waals surface area contributed by atoms with Crippen LogP contribution in [0.15, 0.2) is 47.5 Å². The molecule has 0 spiro atoms. The van der Waals surface area contributed by atoms with Gasteiger partial charge in [-0.25, -0.2) is 0 Å². The first-order chi connectivity index (χ1) is 10.7. The Morgan fingerprint density at radius 2 is 1.82 bits per heavy atom. The summed E-state index contributed by atoms with van der Waals surface area (Å²) >= 11 is 2.30. The average Bonchev–Trinajstić information content (AvgIpc) is 2.56. The maximum absolute atomic E-state index is 5.41. The summed E-state index contributed by atoms with van der Waals surface area (Å²) in [6, 6.07) is 14.8. The third-order valence-corrected chi connectivity index (χ3v) is 4.53. The Morgan fingerprint density at radius 1 is 1.09 bits per heavy atom. The lowest BCUT2D eigenvalue weighted by Gasteiger charge is -2.29. The van der Waals surface area contributed by atoms with Crippen molar-refractivity contribution in [2.24, 2.45) is 4.99 Å². The number of hydrogen-bond donors (Lipinski definition) is 0. The number of rotatable bonds is 3. The van der Waals surface area contributed by atoms with Crippen molar-refractivity contribution in [1.82, 2.24) is 0 Å². The van der Waals surface area contributed by atoms with Gasteiger partial charge < -0.3 is 9.64 Å². The van der Waals surface area contributed by atoms with Crippen LogP contribution in [0.25, 0.3) is 0 Å². The van der Waals surface area contributed by atoms with Crippen LogP contribution < -0.4 is 4.90 Å². The summed E-state index contributed by atoms with van der Waals surface area (Å²) in [5.74, 6) is 0. The molecule has 114 valence electrons. The molecule has 1 fully saturated rings. The Hall–Kier alpha value is -1.40. The molecule has 0 aromatic heterocycles. The molecule has 0 saturated carbocycles. The molecule has 0 aliphatic carbocycles. The van der Waals surface area contributed by atoms with Crippen molar-refractivity contribution in [2.45, 2.75) is 6.92 Å². The van der Waals surface area contributed by atoms with Gasteiger partial charge in [-0.1, -0.05) is 6.07 Å². The predicted octanol–water partition coefficient (Wildman–Crippen LogP) is 4.19. The molecular formula is C18H19IN2O. The highest BCUT2D eigenvalue weighted by Crippen LogP contribution is 2.20. The van der Waals surface area contributed by atoms with Crippen LogP contribution in [-0.4, -0.2) is 32.5 Å². The number of halogens is 1. The Kier molecular flexibility index (Phi) is 5.10. The van der Waals surface area contributed by atoms with Crippen LogP contribution in [0.4, 0.5) is 11.4 Å². The Labute approximate surface area is 145 Å². The van der Waals surface area contributed by atoms with Gasteiger partial charge in [0.15, 0.2) is 0 Å². The van der Waals surface area contributed by atoms with E-state index in [2.05, 4.69) is 69.7 Å². The predicted molar refractivity (Wildman–Crippen MR) is 101 cm³/mol. The highest BCUT2D eigenvalue weighted by atomic mass is 127. The van der Waals surface area contributed by atoms with Gasteiger partial charge >= 0.3 is 0 Å². The minimum absolute atomic E-state index is 0.815. The fourth-order valence-electron chi connectivity index (χ4n) is 2.49. The van der Waals surface area contributed by atoms with Gasteiger partial charge in [0, 0.05) is 28.6 Å². The number of ether oxygens (including phenoxy) is 1. The zero-order chi connectivity index (χ0) is 15.4. The standard InChI is InChI=1S/C18H19IN2O/c1-14-12-18(21-8-10-22-11-9-21)7-2-15(14)13-20-17-5-3-16(19)4-6-17/h2-7,12-13H,8-11H2,1H3. The van der Waals surface area contributed by atoms with Crippen LogP contribution in [0.3, 0.4) is 0 Å². The highest BCUT2D eigenvalue weighted by molar-refractivity contribution is 14.1. The Morgan fingerprint density at radius 3 is 2.50 bits per heavy atom. The summed E-state index contributed by atoms with van der Waals surface area (Å²) in [4.78, 5) is 6.93. The molecule has 1 heterocycles. The zero-order valence-corrected chi connectivity index (χ0v) is 14.8. The van der Waals surface area contributed by atoms with Gasteiger partial charge in [-0.15, -0.1) is 0 Å². The molecule has 22 heavy (non-hydrogen) atoms. The first-order valence-corrected chi connectivity index (χ1v) is 8.53. The second-order valence-corrected chi connectivity index (χ2v) is 6.62. The molecule has 0 amide bonds. The van der Waals surface area contributed by atoms with E-state index in [-0.39, 0.29) is 0 Å². The van der Waals surface area contributed by atoms with E-state index < -0.39 is 0 Å². The van der Waals surface area contributed by atoms with Crippen molar-refractivity contribution in [1.29, 1.82) is 0 Å². The topological polar surface area (TPSA) is 24.8 Å². The van der Waals surface area contributed by atoms with E-state index in [1.165, 1.54) is 14.8 Å². The lowest BCUT2D eigenvalue weighted by atomic mass is 10.1. The minimum atomic E-state index is 0.815. The van der Waals surface area contributed by atoms with Crippen LogP contribution in [0.2, 0.25) is 0 Å². The van der Waals surface area contributed by atoms with E-state index >= 15 is 0 Å². The number of hydrogen-bond acceptors (Lipinski definition) is 3. The number of benzene rings is 2. The van der Waals surface area contributed by atoms with Crippen LogP contribution >= 0.6 is 22.6 Å². The third-order valence-electron chi connectivity index (χ3n) is 3.81. The number of aliphatic imine (C=N–C) groups is 1. The summed E-state index contributed by atoms with van der Waals surface area (Å²) in [7, 11) is 0. The maximum Gasteiger partial charge on any atom is 0.0642 e. The van der Waals surface area contributed by atoms with E-state index in [1.54, 1.807) is 0 Å². The lowest BCUT2D eigenvalue weighted by molar-refractivity contribution is 0.122. The fraction of sp³-hybridized carbons (Fsp3) is 0.278. The molecule has 3 rings (SSSR count). The number of aryl methyl sites for hydroxylation is 1. The molecule has 0 N–H and O–H groups in total. The Bertz CT molecular complexity index is 661. The van der Waals surface area contributed by atoms with Gasteiger partial charge in [0.05, 0.1) is 18.9 Å². The van der Waals surface area contributed by atoms with Crippen LogP contribution in [0.1, 0.15) is 11.1 Å². The Balaban J connectivity index is 1.75. The van der Waals surface area contributed by atoms with Crippen molar-refractivity contribution in [3.63, 3.8) is 0 Å². The second-order valence-electron chi connectivity index (χ2n) is 5.37. The summed E-state index contributed by atoms with van der Waals surface area (Å²) in [6.07, 6.45) is 1.95. The monoisotopic (exact) mass is 406 g/mol. The molecular weight excluding hydrogens is 387 g/mol. The lowest BCUT2D eigenvalue weighted by Crippen LogP contribution is -2.36. The van der Waals surface area contributed by atoms with Crippen LogP contribution in [-0.2, 0) is 4.74 Å². The highest BCUT2D eigenvalue weighted by Gasteiger charge is 2.11. The van der Waals surface area contributed by atoms with Crippen molar-refractivity contribution in [3.05, 3.63) is 57.2 Å². The van der Waals surface area contributed by atoms with E-state index in [4.69, 9.17) is 4.74 Å². The molecule has 0 unspecified atom stereocenters. The van der Waals surface area contributed by atoms with E-state index in [0.29, 0.717) is 0 Å². The van der Waals surface area contributed by atoms with Gasteiger partial charge in [0.1, 0.15) is 0 Å². The van der Waals surface area contributed by atoms with Gasteiger partial charge in [0.25, 0.3) is 0 Å². The van der Waals surface area contributed by atoms with Gasteiger partial charge in [0.2, 0.25) is 0 Å². The van der Waals surface area contributed by atoms with Crippen molar-refractivity contribution in [3.8, 4) is 0 Å². The molecule has 2 aromatic rings. The van der Waals surface area contributed by atoms with Gasteiger partial charge in [-0.05, 0) is 77.0 Å². The smallest absolute Gasteiger partial charge is 0.0642 e. The molecule has 0 bridgehead atoms. The average molecular weight is 406 g/mol. The summed E-state index contributed by atoms with van der Waals surface area (Å²) in [5, 5.41) is 0. The third kappa shape index (κ3) is 3.87. The zero-order valence-electron chi connectivity index (χ0n) is 12.6. The first-order valence-electron chi connectivity index (χ1n) is 7.45. The molecule has 3 nitrogen and oxygen atoms in total. The van der Waals surface area contributed by atoms with E-state index in [1.807, 2.05) is 18.3 Å². The summed E-state index contributed by atoms with van der Waals surface area (Å²) < 4.78 is 6.63. The molecule has 0 radical (unpaired) electrons. The maximum atomic E-state index is 5.41. The molecule has 4 heteroatoms. The van der Waals surface area contributed by atoms with Gasteiger partial charge in [-0.3, -0.25) is 4.99 Å². The van der Waals surface area contributed by atoms with E-state index in [0.717, 1.165) is 37.6 Å². The quantitative estimate of drug-likeness (QED) is 0.564. The minimum Gasteiger partial charge on any atom is -0.378 e. The molecule has 2 aromatic carbocycles. The number of morpholine rings is 1. The molecule has 1 saturated heterocycles. The largest absolute Gasteiger partial charge is 0.378 e. The van der Waals surface area contributed by atoms with E-state index in [9.17, 15) is 0 Å². The van der Waals surface area contributed by atoms with Crippen molar-refractivity contribution >= 4 is 40.2 Å². The van der Waals surface area contributed by atoms with Crippen molar-refractivity contribution in [2.75, 3.05) is 31.2 Å². The summed E-state index contributed by atoms with van der Waals surface area (Å²) in [6.45, 7) is 5.70.